The van der Waals surface area contributed by atoms with Gasteiger partial charge in [0, 0.05) is 6.04 Å². The number of nitrogen functional groups attached to an aromatic ring is 1. The molecule has 0 atom stereocenters. The van der Waals surface area contributed by atoms with Crippen LogP contribution in [0, 0.1) is 0 Å². The van der Waals surface area contributed by atoms with Crippen LogP contribution in [0.25, 0.3) is 5.69 Å². The SMILES string of the molecule is Nc1c(C(=O)NC2CCCCC2)cnn1-c1ccccc1. The maximum absolute atomic E-state index is 12.3. The Labute approximate surface area is 124 Å². The molecule has 1 amide bonds. The maximum Gasteiger partial charge on any atom is 0.256 e. The number of hydrogen-bond donors (Lipinski definition) is 2. The first-order valence-corrected chi connectivity index (χ1v) is 7.45. The lowest BCUT2D eigenvalue weighted by Crippen LogP contribution is -2.36. The van der Waals surface area contributed by atoms with Crippen molar-refractivity contribution in [1.82, 2.24) is 15.1 Å². The fourth-order valence-corrected chi connectivity index (χ4v) is 2.82. The molecule has 5 heteroatoms. The molecule has 1 aliphatic carbocycles. The molecule has 1 aliphatic rings. The Kier molecular flexibility index (Phi) is 3.90. The molecule has 0 saturated heterocycles. The van der Waals surface area contributed by atoms with Crippen LogP contribution in [0.1, 0.15) is 42.5 Å². The average Bonchev–Trinajstić information content (AvgIpc) is 2.91. The third-order valence-corrected chi connectivity index (χ3v) is 3.99. The molecule has 0 bridgehead atoms. The van der Waals surface area contributed by atoms with Crippen molar-refractivity contribution in [3.63, 3.8) is 0 Å². The van der Waals surface area contributed by atoms with Crippen LogP contribution < -0.4 is 11.1 Å². The van der Waals surface area contributed by atoms with Crippen LogP contribution in [0.3, 0.4) is 0 Å². The van der Waals surface area contributed by atoms with E-state index in [0.717, 1.165) is 18.5 Å². The third kappa shape index (κ3) is 2.91. The quantitative estimate of drug-likeness (QED) is 0.909. The van der Waals surface area contributed by atoms with Crippen LogP contribution in [0.2, 0.25) is 0 Å². The fourth-order valence-electron chi connectivity index (χ4n) is 2.82. The topological polar surface area (TPSA) is 72.9 Å². The summed E-state index contributed by atoms with van der Waals surface area (Å²) in [4.78, 5) is 12.3. The van der Waals surface area contributed by atoms with Crippen molar-refractivity contribution in [3.05, 3.63) is 42.1 Å². The summed E-state index contributed by atoms with van der Waals surface area (Å²) in [6, 6.07) is 9.85. The monoisotopic (exact) mass is 284 g/mol. The minimum atomic E-state index is -0.124. The summed E-state index contributed by atoms with van der Waals surface area (Å²) in [6.07, 6.45) is 7.28. The summed E-state index contributed by atoms with van der Waals surface area (Å²) >= 11 is 0. The van der Waals surface area contributed by atoms with Crippen LogP contribution in [0.15, 0.2) is 36.5 Å². The van der Waals surface area contributed by atoms with Gasteiger partial charge in [-0.05, 0) is 25.0 Å². The molecule has 3 N–H and O–H groups in total. The number of rotatable bonds is 3. The molecule has 110 valence electrons. The van der Waals surface area contributed by atoms with Gasteiger partial charge in [-0.1, -0.05) is 37.5 Å². The van der Waals surface area contributed by atoms with Gasteiger partial charge in [0.1, 0.15) is 11.4 Å². The van der Waals surface area contributed by atoms with E-state index in [0.29, 0.717) is 11.4 Å². The molecule has 1 aromatic carbocycles. The Balaban J connectivity index is 1.77. The number of carbonyl (C=O) groups excluding carboxylic acids is 1. The Hall–Kier alpha value is -2.30. The number of amides is 1. The lowest BCUT2D eigenvalue weighted by Gasteiger charge is -2.22. The lowest BCUT2D eigenvalue weighted by molar-refractivity contribution is 0.0928. The van der Waals surface area contributed by atoms with Gasteiger partial charge in [0.2, 0.25) is 0 Å². The number of nitrogens with zero attached hydrogens (tertiary/aromatic N) is 2. The van der Waals surface area contributed by atoms with E-state index in [4.69, 9.17) is 5.73 Å². The van der Waals surface area contributed by atoms with E-state index >= 15 is 0 Å². The van der Waals surface area contributed by atoms with Gasteiger partial charge in [0.15, 0.2) is 0 Å². The van der Waals surface area contributed by atoms with E-state index in [1.807, 2.05) is 30.3 Å². The number of nitrogens with two attached hydrogens (primary N) is 1. The summed E-state index contributed by atoms with van der Waals surface area (Å²) < 4.78 is 1.59. The number of anilines is 1. The maximum atomic E-state index is 12.3. The summed E-state index contributed by atoms with van der Waals surface area (Å²) in [6.45, 7) is 0. The molecule has 0 unspecified atom stereocenters. The van der Waals surface area contributed by atoms with Crippen LogP contribution in [0.4, 0.5) is 5.82 Å². The second-order valence-corrected chi connectivity index (χ2v) is 5.50. The van der Waals surface area contributed by atoms with E-state index in [1.54, 1.807) is 10.9 Å². The van der Waals surface area contributed by atoms with Gasteiger partial charge in [-0.15, -0.1) is 0 Å². The predicted molar refractivity (Wildman–Crippen MR) is 82.3 cm³/mol. The number of benzene rings is 1. The zero-order chi connectivity index (χ0) is 14.7. The lowest BCUT2D eigenvalue weighted by atomic mass is 9.95. The first kappa shape index (κ1) is 13.7. The number of nitrogens with one attached hydrogen (secondary N) is 1. The van der Waals surface area contributed by atoms with Crippen molar-refractivity contribution in [3.8, 4) is 5.69 Å². The standard InChI is InChI=1S/C16H20N4O/c17-15-14(16(21)19-12-7-3-1-4-8-12)11-18-20(15)13-9-5-2-6-10-13/h2,5-6,9-12H,1,3-4,7-8,17H2,(H,19,21). The molecule has 1 saturated carbocycles. The van der Waals surface area contributed by atoms with E-state index in [-0.39, 0.29) is 11.9 Å². The van der Waals surface area contributed by atoms with Crippen molar-refractivity contribution in [1.29, 1.82) is 0 Å². The fraction of sp³-hybridized carbons (Fsp3) is 0.375. The van der Waals surface area contributed by atoms with Crippen molar-refractivity contribution >= 4 is 11.7 Å². The van der Waals surface area contributed by atoms with Crippen molar-refractivity contribution in [2.75, 3.05) is 5.73 Å². The van der Waals surface area contributed by atoms with E-state index in [2.05, 4.69) is 10.4 Å². The van der Waals surface area contributed by atoms with Gasteiger partial charge in [-0.3, -0.25) is 4.79 Å². The second-order valence-electron chi connectivity index (χ2n) is 5.50. The predicted octanol–water partition coefficient (Wildman–Crippen LogP) is 2.52. The molecule has 5 nitrogen and oxygen atoms in total. The minimum Gasteiger partial charge on any atom is -0.383 e. The number of hydrogen-bond acceptors (Lipinski definition) is 3. The van der Waals surface area contributed by atoms with Gasteiger partial charge in [-0.25, -0.2) is 4.68 Å². The van der Waals surface area contributed by atoms with Crippen molar-refractivity contribution < 1.29 is 4.79 Å². The molecule has 1 aromatic heterocycles. The molecule has 1 heterocycles. The van der Waals surface area contributed by atoms with E-state index in [1.165, 1.54) is 19.3 Å². The molecule has 3 rings (SSSR count). The molecular weight excluding hydrogens is 264 g/mol. The van der Waals surface area contributed by atoms with Gasteiger partial charge < -0.3 is 11.1 Å². The second kappa shape index (κ2) is 5.99. The molecule has 0 aliphatic heterocycles. The van der Waals surface area contributed by atoms with E-state index in [9.17, 15) is 4.79 Å². The van der Waals surface area contributed by atoms with Crippen LogP contribution in [0.5, 0.6) is 0 Å². The molecule has 21 heavy (non-hydrogen) atoms. The Bertz CT molecular complexity index is 614. The summed E-state index contributed by atoms with van der Waals surface area (Å²) in [5, 5.41) is 7.30. The molecule has 0 spiro atoms. The Morgan fingerprint density at radius 2 is 1.90 bits per heavy atom. The van der Waals surface area contributed by atoms with Gasteiger partial charge in [-0.2, -0.15) is 5.10 Å². The summed E-state index contributed by atoms with van der Waals surface area (Å²) in [7, 11) is 0. The smallest absolute Gasteiger partial charge is 0.256 e. The Morgan fingerprint density at radius 1 is 1.19 bits per heavy atom. The highest BCUT2D eigenvalue weighted by Gasteiger charge is 2.20. The van der Waals surface area contributed by atoms with Crippen LogP contribution in [-0.2, 0) is 0 Å². The summed E-state index contributed by atoms with van der Waals surface area (Å²) in [5.41, 5.74) is 7.38. The molecule has 2 aromatic rings. The van der Waals surface area contributed by atoms with Gasteiger partial charge >= 0.3 is 0 Å². The normalized spacial score (nSPS) is 15.8. The molecule has 1 fully saturated rings. The van der Waals surface area contributed by atoms with Crippen molar-refractivity contribution in [2.24, 2.45) is 0 Å². The zero-order valence-electron chi connectivity index (χ0n) is 12.0. The largest absolute Gasteiger partial charge is 0.383 e. The molecular formula is C16H20N4O. The van der Waals surface area contributed by atoms with Gasteiger partial charge in [0.05, 0.1) is 11.9 Å². The van der Waals surface area contributed by atoms with Crippen LogP contribution >= 0.6 is 0 Å². The number of aromatic nitrogens is 2. The van der Waals surface area contributed by atoms with Crippen molar-refractivity contribution in [2.45, 2.75) is 38.1 Å². The highest BCUT2D eigenvalue weighted by molar-refractivity contribution is 5.98. The number of carbonyl (C=O) groups is 1. The Morgan fingerprint density at radius 3 is 2.62 bits per heavy atom. The zero-order valence-corrected chi connectivity index (χ0v) is 12.0. The third-order valence-electron chi connectivity index (χ3n) is 3.99. The number of para-hydroxylation sites is 1. The van der Waals surface area contributed by atoms with Gasteiger partial charge in [0.25, 0.3) is 5.91 Å². The highest BCUT2D eigenvalue weighted by Crippen LogP contribution is 2.20. The van der Waals surface area contributed by atoms with E-state index < -0.39 is 0 Å². The molecule has 0 radical (unpaired) electrons. The highest BCUT2D eigenvalue weighted by atomic mass is 16.1. The first-order valence-electron chi connectivity index (χ1n) is 7.45. The average molecular weight is 284 g/mol. The minimum absolute atomic E-state index is 0.124. The summed E-state index contributed by atoms with van der Waals surface area (Å²) in [5.74, 6) is 0.260. The first-order chi connectivity index (χ1) is 10.3. The van der Waals surface area contributed by atoms with Crippen LogP contribution in [-0.4, -0.2) is 21.7 Å².